The van der Waals surface area contributed by atoms with Crippen LogP contribution in [0.2, 0.25) is 0 Å². The lowest BCUT2D eigenvalue weighted by atomic mass is 9.94. The third-order valence-corrected chi connectivity index (χ3v) is 8.65. The van der Waals surface area contributed by atoms with Crippen LogP contribution in [0.3, 0.4) is 0 Å². The van der Waals surface area contributed by atoms with E-state index >= 15 is 0 Å². The van der Waals surface area contributed by atoms with Crippen LogP contribution >= 0.6 is 0 Å². The van der Waals surface area contributed by atoms with Crippen molar-refractivity contribution in [3.8, 4) is 0 Å². The zero-order chi connectivity index (χ0) is 36.2. The molecule has 9 nitrogen and oxygen atoms in total. The maximum absolute atomic E-state index is 13.4. The van der Waals surface area contributed by atoms with Crippen LogP contribution in [0.15, 0.2) is 89.9 Å². The zero-order valence-corrected chi connectivity index (χ0v) is 30.7. The van der Waals surface area contributed by atoms with E-state index in [1.165, 1.54) is 0 Å². The van der Waals surface area contributed by atoms with Crippen molar-refractivity contribution < 1.29 is 14.4 Å². The Morgan fingerprint density at radius 3 is 2.24 bits per heavy atom. The molecule has 1 fully saturated rings. The molecule has 0 saturated carbocycles. The second kappa shape index (κ2) is 22.2. The zero-order valence-electron chi connectivity index (χ0n) is 30.7. The van der Waals surface area contributed by atoms with Crippen LogP contribution in [-0.2, 0) is 20.8 Å². The van der Waals surface area contributed by atoms with Gasteiger partial charge in [0.25, 0.3) is 0 Å². The molecule has 0 aliphatic carbocycles. The third-order valence-electron chi connectivity index (χ3n) is 8.65. The number of nitrogens with one attached hydrogen (secondary N) is 5. The minimum absolute atomic E-state index is 0.0250. The minimum atomic E-state index is -0.584. The molecule has 2 rings (SSSR count). The first-order valence-electron chi connectivity index (χ1n) is 17.7. The SMILES string of the molecule is C=C=C(CNC(=O)CN/C(=C\C)CCCCCN1C(=O)C(C(C)C)CC1=C=C)N[C@@H](Cc1ccccc1)C(=O)NC/C(=C/C)NCC(C)C. The number of likely N-dealkylation sites (tertiary alicyclic amines) is 1. The van der Waals surface area contributed by atoms with E-state index in [0.717, 1.165) is 61.3 Å². The Hall–Kier alpha value is -4.45. The number of hydrogen-bond acceptors (Lipinski definition) is 6. The van der Waals surface area contributed by atoms with Gasteiger partial charge in [0.05, 0.1) is 31.0 Å². The summed E-state index contributed by atoms with van der Waals surface area (Å²) < 4.78 is 0. The van der Waals surface area contributed by atoms with Crippen LogP contribution in [0.1, 0.15) is 79.2 Å². The predicted molar refractivity (Wildman–Crippen MR) is 200 cm³/mol. The lowest BCUT2D eigenvalue weighted by Gasteiger charge is -2.22. The molecule has 0 bridgehead atoms. The molecule has 3 amide bonds. The van der Waals surface area contributed by atoms with Crippen molar-refractivity contribution in [1.82, 2.24) is 31.5 Å². The standard InChI is InChI=1S/C40H60N6O3/c1-9-32(21-17-14-18-22-46-35(12-4)24-36(30(7)8)40(46)49)42-28-38(47)43-27-34(11-3)45-37(23-31-19-15-13-16-20-31)39(48)44-26-33(10-2)41-25-29(5)6/h9-10,13,15-16,19-20,29-30,36-37,41-42,45H,3-4,14,17-18,21-28H2,1-2,5-8H3,(H,43,47)(H,44,48)/b32-9-,33-10-/t36?,37-/m0/s1. The van der Waals surface area contributed by atoms with Crippen molar-refractivity contribution in [1.29, 1.82) is 0 Å². The van der Waals surface area contributed by atoms with Crippen molar-refractivity contribution in [2.75, 3.05) is 32.7 Å². The Labute approximate surface area is 295 Å². The average molecular weight is 673 g/mol. The lowest BCUT2D eigenvalue weighted by Crippen LogP contribution is -2.48. The number of carbonyl (C=O) groups excluding carboxylic acids is 3. The Balaban J connectivity index is 1.82. The lowest BCUT2D eigenvalue weighted by molar-refractivity contribution is -0.131. The Kier molecular flexibility index (Phi) is 18.5. The van der Waals surface area contributed by atoms with Gasteiger partial charge in [0.15, 0.2) is 0 Å². The second-order valence-corrected chi connectivity index (χ2v) is 13.3. The van der Waals surface area contributed by atoms with Crippen LogP contribution in [0.25, 0.3) is 0 Å². The quantitative estimate of drug-likeness (QED) is 0.0826. The summed E-state index contributed by atoms with van der Waals surface area (Å²) in [7, 11) is 0. The molecular formula is C40H60N6O3. The molecule has 0 radical (unpaired) electrons. The highest BCUT2D eigenvalue weighted by atomic mass is 16.2. The van der Waals surface area contributed by atoms with E-state index in [1.54, 1.807) is 0 Å². The fourth-order valence-electron chi connectivity index (χ4n) is 5.55. The molecule has 5 N–H and O–H groups in total. The topological polar surface area (TPSA) is 115 Å². The number of benzene rings is 1. The summed E-state index contributed by atoms with van der Waals surface area (Å²) in [6.45, 7) is 22.1. The van der Waals surface area contributed by atoms with Gasteiger partial charge < -0.3 is 31.5 Å². The van der Waals surface area contributed by atoms with Crippen molar-refractivity contribution in [3.05, 3.63) is 95.5 Å². The van der Waals surface area contributed by atoms with Gasteiger partial charge in [0, 0.05) is 43.2 Å². The third kappa shape index (κ3) is 14.7. The molecule has 1 aromatic carbocycles. The molecule has 2 atom stereocenters. The first-order valence-corrected chi connectivity index (χ1v) is 17.7. The summed E-state index contributed by atoms with van der Waals surface area (Å²) in [5, 5.41) is 15.8. The number of nitrogens with zero attached hydrogens (tertiary/aromatic N) is 1. The Morgan fingerprint density at radius 2 is 1.63 bits per heavy atom. The molecular weight excluding hydrogens is 612 g/mol. The summed E-state index contributed by atoms with van der Waals surface area (Å²) in [5.74, 6) is 0.673. The Morgan fingerprint density at radius 1 is 0.918 bits per heavy atom. The number of amides is 3. The molecule has 1 unspecified atom stereocenters. The van der Waals surface area contributed by atoms with E-state index < -0.39 is 6.04 Å². The maximum Gasteiger partial charge on any atom is 0.243 e. The summed E-state index contributed by atoms with van der Waals surface area (Å²) in [4.78, 5) is 40.8. The first-order chi connectivity index (χ1) is 23.5. The Bertz CT molecular complexity index is 1380. The fourth-order valence-corrected chi connectivity index (χ4v) is 5.55. The number of allylic oxidation sites excluding steroid dienone is 4. The van der Waals surface area contributed by atoms with Crippen molar-refractivity contribution in [3.63, 3.8) is 0 Å². The van der Waals surface area contributed by atoms with Crippen molar-refractivity contribution in [2.45, 2.75) is 86.1 Å². The van der Waals surface area contributed by atoms with Gasteiger partial charge in [-0.25, -0.2) is 0 Å². The van der Waals surface area contributed by atoms with Crippen LogP contribution in [0.5, 0.6) is 0 Å². The highest BCUT2D eigenvalue weighted by Crippen LogP contribution is 2.32. The summed E-state index contributed by atoms with van der Waals surface area (Å²) in [6, 6.07) is 9.23. The number of rotatable bonds is 22. The minimum Gasteiger partial charge on any atom is -0.387 e. The molecule has 0 spiro atoms. The van der Waals surface area contributed by atoms with Gasteiger partial charge in [-0.05, 0) is 50.5 Å². The van der Waals surface area contributed by atoms with Crippen molar-refractivity contribution >= 4 is 17.7 Å². The molecule has 1 aliphatic rings. The average Bonchev–Trinajstić information content (AvgIpc) is 3.42. The van der Waals surface area contributed by atoms with Gasteiger partial charge >= 0.3 is 0 Å². The number of carbonyl (C=O) groups is 3. The molecule has 1 aliphatic heterocycles. The van der Waals surface area contributed by atoms with Crippen LogP contribution in [-0.4, -0.2) is 61.4 Å². The van der Waals surface area contributed by atoms with E-state index in [1.807, 2.05) is 61.2 Å². The van der Waals surface area contributed by atoms with E-state index in [0.29, 0.717) is 37.0 Å². The first kappa shape index (κ1) is 40.7. The van der Waals surface area contributed by atoms with E-state index in [9.17, 15) is 14.4 Å². The fraction of sp³-hybridized carbons (Fsp3) is 0.525. The van der Waals surface area contributed by atoms with Gasteiger partial charge in [-0.15, -0.1) is 11.5 Å². The van der Waals surface area contributed by atoms with E-state index in [4.69, 9.17) is 0 Å². The van der Waals surface area contributed by atoms with Gasteiger partial charge in [0.1, 0.15) is 6.04 Å². The second-order valence-electron chi connectivity index (χ2n) is 13.3. The maximum atomic E-state index is 13.4. The molecule has 49 heavy (non-hydrogen) atoms. The predicted octanol–water partition coefficient (Wildman–Crippen LogP) is 5.47. The van der Waals surface area contributed by atoms with E-state index in [2.05, 4.69) is 78.9 Å². The van der Waals surface area contributed by atoms with Gasteiger partial charge in [-0.1, -0.05) is 89.8 Å². The van der Waals surface area contributed by atoms with Gasteiger partial charge in [-0.2, -0.15) is 0 Å². The monoisotopic (exact) mass is 672 g/mol. The van der Waals surface area contributed by atoms with Crippen LogP contribution in [0.4, 0.5) is 0 Å². The number of hydrogen-bond donors (Lipinski definition) is 5. The van der Waals surface area contributed by atoms with Crippen molar-refractivity contribution in [2.24, 2.45) is 17.8 Å². The van der Waals surface area contributed by atoms with Gasteiger partial charge in [-0.3, -0.25) is 14.4 Å². The van der Waals surface area contributed by atoms with Crippen LogP contribution in [0, 0.1) is 17.8 Å². The largest absolute Gasteiger partial charge is 0.387 e. The van der Waals surface area contributed by atoms with E-state index in [-0.39, 0.29) is 36.7 Å². The summed E-state index contributed by atoms with van der Waals surface area (Å²) >= 11 is 0. The van der Waals surface area contributed by atoms with Crippen LogP contribution < -0.4 is 26.6 Å². The van der Waals surface area contributed by atoms with Gasteiger partial charge in [0.2, 0.25) is 17.7 Å². The molecule has 0 aromatic heterocycles. The molecule has 1 aromatic rings. The number of unbranched alkanes of at least 4 members (excludes halogenated alkanes) is 2. The normalized spacial score (nSPS) is 15.5. The molecule has 268 valence electrons. The molecule has 9 heteroatoms. The smallest absolute Gasteiger partial charge is 0.243 e. The summed E-state index contributed by atoms with van der Waals surface area (Å²) in [5.41, 5.74) is 10.2. The molecule has 1 saturated heterocycles. The highest BCUT2D eigenvalue weighted by molar-refractivity contribution is 5.84. The summed E-state index contributed by atoms with van der Waals surface area (Å²) in [6.07, 6.45) is 8.77. The highest BCUT2D eigenvalue weighted by Gasteiger charge is 2.36. The molecule has 1 heterocycles.